The zero-order valence-corrected chi connectivity index (χ0v) is 19.1. The summed E-state index contributed by atoms with van der Waals surface area (Å²) in [6, 6.07) is 8.13. The average molecular weight is 443 g/mol. The van der Waals surface area contributed by atoms with Crippen molar-refractivity contribution in [3.05, 3.63) is 41.6 Å². The molecule has 1 aromatic carbocycles. The molecule has 2 aliphatic heterocycles. The predicted molar refractivity (Wildman–Crippen MR) is 124 cm³/mol. The first-order valence-corrected chi connectivity index (χ1v) is 11.4. The SMILES string of the molecule is C/N=C/c1ccc([C@H]2C[C@@H](C)CN(C(=O)C[C@H]3CCN(C)CC3(F)F)C2)c2cccnc12. The van der Waals surface area contributed by atoms with Crippen LogP contribution >= 0.6 is 0 Å². The molecule has 172 valence electrons. The monoisotopic (exact) mass is 442 g/mol. The van der Waals surface area contributed by atoms with E-state index in [0.29, 0.717) is 32.0 Å². The number of pyridine rings is 1. The molecule has 2 saturated heterocycles. The zero-order valence-electron chi connectivity index (χ0n) is 19.1. The van der Waals surface area contributed by atoms with Crippen LogP contribution in [0.5, 0.6) is 0 Å². The minimum absolute atomic E-state index is 0.0749. The zero-order chi connectivity index (χ0) is 22.9. The Labute approximate surface area is 188 Å². The van der Waals surface area contributed by atoms with E-state index >= 15 is 0 Å². The van der Waals surface area contributed by atoms with Gasteiger partial charge in [0.2, 0.25) is 5.91 Å². The van der Waals surface area contributed by atoms with Gasteiger partial charge in [-0.1, -0.05) is 25.1 Å². The molecule has 4 rings (SSSR count). The number of likely N-dealkylation sites (tertiary alicyclic amines) is 2. The lowest BCUT2D eigenvalue weighted by atomic mass is 9.82. The number of halogens is 2. The first-order chi connectivity index (χ1) is 15.3. The van der Waals surface area contributed by atoms with Gasteiger partial charge in [0.15, 0.2) is 0 Å². The molecule has 0 aliphatic carbocycles. The van der Waals surface area contributed by atoms with Crippen molar-refractivity contribution in [2.24, 2.45) is 16.8 Å². The third-order valence-electron chi connectivity index (χ3n) is 6.91. The number of hydrogen-bond acceptors (Lipinski definition) is 4. The molecule has 5 nitrogen and oxygen atoms in total. The van der Waals surface area contributed by atoms with Gasteiger partial charge in [-0.05, 0) is 44.0 Å². The van der Waals surface area contributed by atoms with E-state index in [0.717, 1.165) is 28.5 Å². The van der Waals surface area contributed by atoms with Crippen molar-refractivity contribution in [2.45, 2.75) is 38.0 Å². The lowest BCUT2D eigenvalue weighted by molar-refractivity contribution is -0.145. The van der Waals surface area contributed by atoms with E-state index in [9.17, 15) is 13.6 Å². The molecule has 1 amide bonds. The summed E-state index contributed by atoms with van der Waals surface area (Å²) >= 11 is 0. The Bertz CT molecular complexity index is 1010. The van der Waals surface area contributed by atoms with Gasteiger partial charge in [-0.25, -0.2) is 8.78 Å². The van der Waals surface area contributed by atoms with E-state index in [1.807, 2.05) is 17.0 Å². The van der Waals surface area contributed by atoms with Crippen LogP contribution in [0.1, 0.15) is 43.2 Å². The highest BCUT2D eigenvalue weighted by Crippen LogP contribution is 2.38. The summed E-state index contributed by atoms with van der Waals surface area (Å²) < 4.78 is 29.0. The van der Waals surface area contributed by atoms with Gasteiger partial charge in [0.05, 0.1) is 12.1 Å². The molecule has 7 heteroatoms. The third kappa shape index (κ3) is 4.68. The summed E-state index contributed by atoms with van der Waals surface area (Å²) in [4.78, 5) is 25.3. The second-order valence-corrected chi connectivity index (χ2v) is 9.56. The normalized spacial score (nSPS) is 26.7. The van der Waals surface area contributed by atoms with E-state index in [1.54, 1.807) is 31.4 Å². The van der Waals surface area contributed by atoms with Gasteiger partial charge in [0.1, 0.15) is 0 Å². The Morgan fingerprint density at radius 3 is 2.88 bits per heavy atom. The molecule has 3 atom stereocenters. The molecule has 0 N–H and O–H groups in total. The lowest BCUT2D eigenvalue weighted by Gasteiger charge is -2.40. The standard InChI is InChI=1S/C25H32F2N4O/c1-17-11-19(21-7-6-18(13-28-2)24-22(21)5-4-9-29-24)15-31(14-17)23(32)12-20-8-10-30(3)16-25(20,26)27/h4-7,9,13,17,19-20H,8,10-12,14-16H2,1-3H3/b28-13+/t17-,19+,20-/m1/s1. The number of carbonyl (C=O) groups is 1. The Balaban J connectivity index is 1.55. The number of carbonyl (C=O) groups excluding carboxylic acids is 1. The van der Waals surface area contributed by atoms with Crippen molar-refractivity contribution < 1.29 is 13.6 Å². The summed E-state index contributed by atoms with van der Waals surface area (Å²) in [6.45, 7) is 3.67. The van der Waals surface area contributed by atoms with E-state index in [1.165, 1.54) is 0 Å². The molecule has 2 fully saturated rings. The van der Waals surface area contributed by atoms with Crippen LogP contribution in [-0.2, 0) is 4.79 Å². The van der Waals surface area contributed by atoms with Crippen LogP contribution < -0.4 is 0 Å². The van der Waals surface area contributed by atoms with Crippen molar-refractivity contribution in [1.82, 2.24) is 14.8 Å². The summed E-state index contributed by atoms with van der Waals surface area (Å²) in [7, 11) is 3.45. The van der Waals surface area contributed by atoms with Gasteiger partial charge in [-0.3, -0.25) is 14.8 Å². The van der Waals surface area contributed by atoms with E-state index in [-0.39, 0.29) is 24.8 Å². The second kappa shape index (κ2) is 9.22. The summed E-state index contributed by atoms with van der Waals surface area (Å²) in [5, 5.41) is 1.07. The van der Waals surface area contributed by atoms with E-state index in [4.69, 9.17) is 0 Å². The van der Waals surface area contributed by atoms with Crippen LogP contribution in [0.25, 0.3) is 10.9 Å². The fourth-order valence-electron chi connectivity index (χ4n) is 5.34. The van der Waals surface area contributed by atoms with Crippen molar-refractivity contribution in [3.63, 3.8) is 0 Å². The molecule has 32 heavy (non-hydrogen) atoms. The van der Waals surface area contributed by atoms with Crippen LogP contribution in [0, 0.1) is 11.8 Å². The number of amides is 1. The summed E-state index contributed by atoms with van der Waals surface area (Å²) in [6.07, 6.45) is 4.83. The van der Waals surface area contributed by atoms with Gasteiger partial charge < -0.3 is 9.80 Å². The van der Waals surface area contributed by atoms with Crippen molar-refractivity contribution in [2.75, 3.05) is 40.3 Å². The number of aromatic nitrogens is 1. The Kier molecular flexibility index (Phi) is 6.56. The minimum atomic E-state index is -2.82. The van der Waals surface area contributed by atoms with Gasteiger partial charge in [-0.2, -0.15) is 0 Å². The molecule has 0 saturated carbocycles. The van der Waals surface area contributed by atoms with Crippen molar-refractivity contribution in [1.29, 1.82) is 0 Å². The molecule has 3 heterocycles. The third-order valence-corrected chi connectivity index (χ3v) is 6.91. The highest BCUT2D eigenvalue weighted by Gasteiger charge is 2.45. The Morgan fingerprint density at radius 2 is 2.12 bits per heavy atom. The molecule has 1 aromatic heterocycles. The molecule has 0 radical (unpaired) electrons. The van der Waals surface area contributed by atoms with Crippen LogP contribution in [-0.4, -0.2) is 73.1 Å². The molecule has 2 aliphatic rings. The number of nitrogens with zero attached hydrogens (tertiary/aromatic N) is 4. The molecule has 0 unspecified atom stereocenters. The summed E-state index contributed by atoms with van der Waals surface area (Å²) in [5.74, 6) is -3.38. The number of aliphatic imine (C=N–C) groups is 1. The number of fused-ring (bicyclic) bond motifs is 1. The lowest BCUT2D eigenvalue weighted by Crippen LogP contribution is -2.49. The second-order valence-electron chi connectivity index (χ2n) is 9.56. The maximum atomic E-state index is 14.5. The number of alkyl halides is 2. The number of benzene rings is 1. The molecule has 0 bridgehead atoms. The van der Waals surface area contributed by atoms with Gasteiger partial charge in [-0.15, -0.1) is 0 Å². The van der Waals surface area contributed by atoms with Crippen molar-refractivity contribution >= 4 is 23.0 Å². The first-order valence-electron chi connectivity index (χ1n) is 11.4. The fourth-order valence-corrected chi connectivity index (χ4v) is 5.34. The Hall–Kier alpha value is -2.41. The molecule has 2 aromatic rings. The first kappa shape index (κ1) is 22.8. The van der Waals surface area contributed by atoms with Gasteiger partial charge in [0, 0.05) is 61.8 Å². The summed E-state index contributed by atoms with van der Waals surface area (Å²) in [5.41, 5.74) is 3.03. The minimum Gasteiger partial charge on any atom is -0.342 e. The van der Waals surface area contributed by atoms with Gasteiger partial charge in [0.25, 0.3) is 5.92 Å². The fraction of sp³-hybridized carbons (Fsp3) is 0.560. The predicted octanol–water partition coefficient (Wildman–Crippen LogP) is 4.21. The van der Waals surface area contributed by atoms with Crippen molar-refractivity contribution in [3.8, 4) is 0 Å². The van der Waals surface area contributed by atoms with Crippen LogP contribution in [0.4, 0.5) is 8.78 Å². The highest BCUT2D eigenvalue weighted by molar-refractivity contribution is 5.99. The number of piperidine rings is 2. The average Bonchev–Trinajstić information content (AvgIpc) is 2.75. The smallest absolute Gasteiger partial charge is 0.263 e. The number of rotatable bonds is 4. The largest absolute Gasteiger partial charge is 0.342 e. The van der Waals surface area contributed by atoms with Gasteiger partial charge >= 0.3 is 0 Å². The molecule has 0 spiro atoms. The maximum Gasteiger partial charge on any atom is 0.263 e. The van der Waals surface area contributed by atoms with E-state index in [2.05, 4.69) is 29.0 Å². The highest BCUT2D eigenvalue weighted by atomic mass is 19.3. The Morgan fingerprint density at radius 1 is 1.31 bits per heavy atom. The molecular weight excluding hydrogens is 410 g/mol. The van der Waals surface area contributed by atoms with E-state index < -0.39 is 11.8 Å². The molecular formula is C25H32F2N4O. The number of hydrogen-bond donors (Lipinski definition) is 0. The van der Waals surface area contributed by atoms with Crippen LogP contribution in [0.2, 0.25) is 0 Å². The van der Waals surface area contributed by atoms with Crippen LogP contribution in [0.3, 0.4) is 0 Å². The van der Waals surface area contributed by atoms with Crippen LogP contribution in [0.15, 0.2) is 35.5 Å². The maximum absolute atomic E-state index is 14.5. The topological polar surface area (TPSA) is 48.8 Å². The quantitative estimate of drug-likeness (QED) is 0.667.